The van der Waals surface area contributed by atoms with Gasteiger partial charge in [0.25, 0.3) is 0 Å². The van der Waals surface area contributed by atoms with E-state index in [-0.39, 0.29) is 0 Å². The van der Waals surface area contributed by atoms with Crippen molar-refractivity contribution in [3.05, 3.63) is 35.0 Å². The highest BCUT2D eigenvalue weighted by Gasteiger charge is 2.08. The molecule has 0 amide bonds. The Hall–Kier alpha value is -2.04. The highest BCUT2D eigenvalue weighted by atomic mass is 16.5. The maximum absolute atomic E-state index is 5.81. The van der Waals surface area contributed by atoms with E-state index in [0.717, 1.165) is 24.3 Å². The summed E-state index contributed by atoms with van der Waals surface area (Å²) in [6, 6.07) is 6.20. The Kier molecular flexibility index (Phi) is 4.61. The SMILES string of the molecule is CCCc1c(N)nnn1CCOc1cc(C)cc(C)c1. The van der Waals surface area contributed by atoms with Gasteiger partial charge in [-0.15, -0.1) is 5.10 Å². The highest BCUT2D eigenvalue weighted by Crippen LogP contribution is 2.16. The van der Waals surface area contributed by atoms with Gasteiger partial charge < -0.3 is 10.5 Å². The van der Waals surface area contributed by atoms with Crippen LogP contribution in [0, 0.1) is 13.8 Å². The highest BCUT2D eigenvalue weighted by molar-refractivity contribution is 5.33. The maximum Gasteiger partial charge on any atom is 0.169 e. The van der Waals surface area contributed by atoms with E-state index in [1.54, 1.807) is 0 Å². The van der Waals surface area contributed by atoms with Crippen molar-refractivity contribution in [1.82, 2.24) is 15.0 Å². The summed E-state index contributed by atoms with van der Waals surface area (Å²) in [5.74, 6) is 1.42. The third kappa shape index (κ3) is 3.50. The van der Waals surface area contributed by atoms with Crippen LogP contribution >= 0.6 is 0 Å². The van der Waals surface area contributed by atoms with E-state index in [0.29, 0.717) is 19.0 Å². The Morgan fingerprint density at radius 3 is 2.55 bits per heavy atom. The lowest BCUT2D eigenvalue weighted by Crippen LogP contribution is -2.13. The first kappa shape index (κ1) is 14.4. The van der Waals surface area contributed by atoms with Crippen LogP contribution in [0.1, 0.15) is 30.2 Å². The molecule has 0 radical (unpaired) electrons. The summed E-state index contributed by atoms with van der Waals surface area (Å²) in [7, 11) is 0. The minimum absolute atomic E-state index is 0.526. The Balaban J connectivity index is 1.96. The van der Waals surface area contributed by atoms with Gasteiger partial charge >= 0.3 is 0 Å². The number of nitrogen functional groups attached to an aromatic ring is 1. The molecule has 20 heavy (non-hydrogen) atoms. The molecule has 1 heterocycles. The normalized spacial score (nSPS) is 10.8. The molecule has 2 aromatic rings. The van der Waals surface area contributed by atoms with E-state index in [9.17, 15) is 0 Å². The smallest absolute Gasteiger partial charge is 0.169 e. The summed E-state index contributed by atoms with van der Waals surface area (Å²) in [5, 5.41) is 7.99. The van der Waals surface area contributed by atoms with E-state index in [1.807, 2.05) is 16.8 Å². The summed E-state index contributed by atoms with van der Waals surface area (Å²) in [6.45, 7) is 7.46. The van der Waals surface area contributed by atoms with Crippen molar-refractivity contribution < 1.29 is 4.74 Å². The summed E-state index contributed by atoms with van der Waals surface area (Å²) in [5.41, 5.74) is 9.22. The summed E-state index contributed by atoms with van der Waals surface area (Å²) in [4.78, 5) is 0. The van der Waals surface area contributed by atoms with Gasteiger partial charge in [-0.05, 0) is 43.5 Å². The average Bonchev–Trinajstić information content (AvgIpc) is 2.71. The first-order valence-corrected chi connectivity index (χ1v) is 6.99. The molecular weight excluding hydrogens is 252 g/mol. The van der Waals surface area contributed by atoms with Crippen molar-refractivity contribution in [3.63, 3.8) is 0 Å². The molecule has 0 atom stereocenters. The number of anilines is 1. The lowest BCUT2D eigenvalue weighted by Gasteiger charge is -2.09. The van der Waals surface area contributed by atoms with Crippen molar-refractivity contribution in [1.29, 1.82) is 0 Å². The van der Waals surface area contributed by atoms with Gasteiger partial charge in [-0.3, -0.25) is 0 Å². The molecule has 2 rings (SSSR count). The van der Waals surface area contributed by atoms with Crippen LogP contribution in [-0.2, 0) is 13.0 Å². The molecule has 0 unspecified atom stereocenters. The number of nitrogens with zero attached hydrogens (tertiary/aromatic N) is 3. The average molecular weight is 274 g/mol. The van der Waals surface area contributed by atoms with Crippen molar-refractivity contribution in [3.8, 4) is 5.75 Å². The fourth-order valence-corrected chi connectivity index (χ4v) is 2.29. The molecule has 0 aliphatic heterocycles. The molecule has 0 saturated heterocycles. The Morgan fingerprint density at radius 1 is 1.20 bits per heavy atom. The summed E-state index contributed by atoms with van der Waals surface area (Å²) in [6.07, 6.45) is 1.91. The van der Waals surface area contributed by atoms with Crippen molar-refractivity contribution in [2.45, 2.75) is 40.2 Å². The van der Waals surface area contributed by atoms with Crippen LogP contribution in [0.25, 0.3) is 0 Å². The number of ether oxygens (including phenoxy) is 1. The van der Waals surface area contributed by atoms with Gasteiger partial charge in [0.2, 0.25) is 0 Å². The molecule has 108 valence electrons. The molecule has 5 heteroatoms. The molecular formula is C15H22N4O. The van der Waals surface area contributed by atoms with Crippen molar-refractivity contribution in [2.75, 3.05) is 12.3 Å². The van der Waals surface area contributed by atoms with Gasteiger partial charge in [-0.2, -0.15) is 0 Å². The fraction of sp³-hybridized carbons (Fsp3) is 0.467. The number of aromatic nitrogens is 3. The Labute approximate surface area is 119 Å². The van der Waals surface area contributed by atoms with E-state index in [4.69, 9.17) is 10.5 Å². The van der Waals surface area contributed by atoms with Gasteiger partial charge in [0.15, 0.2) is 5.82 Å². The minimum atomic E-state index is 0.526. The number of benzene rings is 1. The molecule has 2 N–H and O–H groups in total. The van der Waals surface area contributed by atoms with Crippen molar-refractivity contribution in [2.24, 2.45) is 0 Å². The van der Waals surface area contributed by atoms with Gasteiger partial charge in [0.05, 0.1) is 12.2 Å². The zero-order valence-corrected chi connectivity index (χ0v) is 12.4. The molecule has 0 saturated carbocycles. The topological polar surface area (TPSA) is 66.0 Å². The van der Waals surface area contributed by atoms with Crippen LogP contribution in [0.4, 0.5) is 5.82 Å². The van der Waals surface area contributed by atoms with Gasteiger partial charge in [-0.1, -0.05) is 24.6 Å². The Bertz CT molecular complexity index is 557. The van der Waals surface area contributed by atoms with Crippen LogP contribution in [0.2, 0.25) is 0 Å². The summed E-state index contributed by atoms with van der Waals surface area (Å²) < 4.78 is 7.62. The molecule has 1 aromatic heterocycles. The zero-order chi connectivity index (χ0) is 14.5. The second-order valence-corrected chi connectivity index (χ2v) is 5.07. The second-order valence-electron chi connectivity index (χ2n) is 5.07. The lowest BCUT2D eigenvalue weighted by molar-refractivity contribution is 0.287. The summed E-state index contributed by atoms with van der Waals surface area (Å²) >= 11 is 0. The van der Waals surface area contributed by atoms with E-state index < -0.39 is 0 Å². The predicted molar refractivity (Wildman–Crippen MR) is 79.8 cm³/mol. The standard InChI is InChI=1S/C15H22N4O/c1-4-5-14-15(16)17-18-19(14)6-7-20-13-9-11(2)8-12(3)10-13/h8-10H,4-7,16H2,1-3H3. The quantitative estimate of drug-likeness (QED) is 0.879. The number of hydrogen-bond donors (Lipinski definition) is 1. The number of hydrogen-bond acceptors (Lipinski definition) is 4. The monoisotopic (exact) mass is 274 g/mol. The van der Waals surface area contributed by atoms with Crippen LogP contribution in [0.3, 0.4) is 0 Å². The maximum atomic E-state index is 5.81. The number of rotatable bonds is 6. The first-order chi connectivity index (χ1) is 9.60. The first-order valence-electron chi connectivity index (χ1n) is 6.99. The van der Waals surface area contributed by atoms with E-state index in [2.05, 4.69) is 37.1 Å². The van der Waals surface area contributed by atoms with Gasteiger partial charge in [-0.25, -0.2) is 4.68 Å². The minimum Gasteiger partial charge on any atom is -0.492 e. The lowest BCUT2D eigenvalue weighted by atomic mass is 10.1. The van der Waals surface area contributed by atoms with Gasteiger partial charge in [0, 0.05) is 0 Å². The predicted octanol–water partition coefficient (Wildman–Crippen LogP) is 2.51. The van der Waals surface area contributed by atoms with E-state index in [1.165, 1.54) is 11.1 Å². The Morgan fingerprint density at radius 2 is 1.90 bits per heavy atom. The van der Waals surface area contributed by atoms with Crippen molar-refractivity contribution >= 4 is 5.82 Å². The molecule has 0 aliphatic carbocycles. The molecule has 0 aliphatic rings. The third-order valence-corrected chi connectivity index (χ3v) is 3.12. The van der Waals surface area contributed by atoms with Gasteiger partial charge in [0.1, 0.15) is 12.4 Å². The molecule has 0 spiro atoms. The zero-order valence-electron chi connectivity index (χ0n) is 12.4. The second kappa shape index (κ2) is 6.41. The third-order valence-electron chi connectivity index (χ3n) is 3.12. The molecule has 5 nitrogen and oxygen atoms in total. The van der Waals surface area contributed by atoms with Crippen LogP contribution in [0.5, 0.6) is 5.75 Å². The van der Waals surface area contributed by atoms with E-state index >= 15 is 0 Å². The number of aryl methyl sites for hydroxylation is 2. The molecule has 0 fully saturated rings. The largest absolute Gasteiger partial charge is 0.492 e. The molecule has 0 bridgehead atoms. The van der Waals surface area contributed by atoms with Crippen LogP contribution in [0.15, 0.2) is 18.2 Å². The molecule has 1 aromatic carbocycles. The van der Waals surface area contributed by atoms with Crippen LogP contribution in [-0.4, -0.2) is 21.6 Å². The fourth-order valence-electron chi connectivity index (χ4n) is 2.29. The number of nitrogens with two attached hydrogens (primary N) is 1. The van der Waals surface area contributed by atoms with Crippen LogP contribution < -0.4 is 10.5 Å².